The van der Waals surface area contributed by atoms with Crippen LogP contribution in [0.3, 0.4) is 0 Å². The molecule has 2 aromatic carbocycles. The number of rotatable bonds is 13. The van der Waals surface area contributed by atoms with Crippen LogP contribution in [0.4, 0.5) is 10.1 Å². The topological polar surface area (TPSA) is 94.8 Å². The Balaban J connectivity index is 0.896. The molecule has 5 aliphatic rings. The van der Waals surface area contributed by atoms with E-state index in [4.69, 9.17) is 11.3 Å². The van der Waals surface area contributed by atoms with Gasteiger partial charge in [-0.15, -0.1) is 0 Å². The highest BCUT2D eigenvalue weighted by molar-refractivity contribution is 7.92. The van der Waals surface area contributed by atoms with Crippen molar-refractivity contribution in [3.05, 3.63) is 83.5 Å². The molecule has 0 unspecified atom stereocenters. The zero-order valence-electron chi connectivity index (χ0n) is 31.5. The van der Waals surface area contributed by atoms with Gasteiger partial charge in [0, 0.05) is 80.8 Å². The normalized spacial score (nSPS) is 24.6. The van der Waals surface area contributed by atoms with E-state index in [9.17, 15) is 22.4 Å². The van der Waals surface area contributed by atoms with E-state index < -0.39 is 20.6 Å². The molecule has 10 nitrogen and oxygen atoms in total. The number of carbonyl (C=O) groups is 2. The zero-order valence-corrected chi connectivity index (χ0v) is 32.3. The van der Waals surface area contributed by atoms with Gasteiger partial charge in [-0.05, 0) is 107 Å². The predicted octanol–water partition coefficient (Wildman–Crippen LogP) is 5.40. The number of likely N-dealkylation sites (tertiary alicyclic amines) is 3. The molecule has 54 heavy (non-hydrogen) atoms. The monoisotopic (exact) mass is 759 g/mol. The summed E-state index contributed by atoms with van der Waals surface area (Å²) < 4.78 is 46.3. The Kier molecular flexibility index (Phi) is 11.8. The number of anilines is 1. The molecule has 4 saturated heterocycles. The van der Waals surface area contributed by atoms with E-state index in [0.29, 0.717) is 17.2 Å². The minimum atomic E-state index is -3.52. The minimum Gasteiger partial charge on any atom is -0.469 e. The number of methoxy groups -OCH3 is 1. The summed E-state index contributed by atoms with van der Waals surface area (Å²) >= 11 is 0. The van der Waals surface area contributed by atoms with E-state index >= 15 is 0 Å². The van der Waals surface area contributed by atoms with Gasteiger partial charge in [0.1, 0.15) is 11.1 Å². The lowest BCUT2D eigenvalue weighted by atomic mass is 9.63. The van der Waals surface area contributed by atoms with E-state index in [1.54, 1.807) is 35.2 Å². The molecule has 0 spiro atoms. The third-order valence-corrected chi connectivity index (χ3v) is 15.1. The summed E-state index contributed by atoms with van der Waals surface area (Å²) in [6.45, 7) is 16.4. The Morgan fingerprint density at radius 1 is 0.944 bits per heavy atom. The Labute approximate surface area is 320 Å². The maximum atomic E-state index is 14.6. The quantitative estimate of drug-likeness (QED) is 0.152. The van der Waals surface area contributed by atoms with E-state index in [1.165, 1.54) is 26.0 Å². The first-order chi connectivity index (χ1) is 26.1. The predicted molar refractivity (Wildman–Crippen MR) is 206 cm³/mol. The highest BCUT2D eigenvalue weighted by Gasteiger charge is 2.58. The first-order valence-corrected chi connectivity index (χ1v) is 21.4. The van der Waals surface area contributed by atoms with Gasteiger partial charge in [0.05, 0.1) is 12.0 Å². The molecule has 0 bridgehead atoms. The second-order valence-corrected chi connectivity index (χ2v) is 18.4. The lowest BCUT2D eigenvalue weighted by Crippen LogP contribution is -2.56. The van der Waals surface area contributed by atoms with Crippen LogP contribution in [0.15, 0.2) is 65.6 Å². The minimum absolute atomic E-state index is 0.0293. The van der Waals surface area contributed by atoms with Gasteiger partial charge >= 0.3 is 5.97 Å². The molecule has 12 heteroatoms. The number of sulfone groups is 1. The Morgan fingerprint density at radius 2 is 1.67 bits per heavy atom. The largest absolute Gasteiger partial charge is 0.469 e. The third-order valence-electron chi connectivity index (χ3n) is 13.0. The van der Waals surface area contributed by atoms with Gasteiger partial charge < -0.3 is 24.3 Å². The molecule has 4 heterocycles. The first kappa shape index (κ1) is 38.5. The number of esters is 1. The molecule has 1 saturated carbocycles. The number of benzene rings is 2. The van der Waals surface area contributed by atoms with Crippen LogP contribution in [0, 0.1) is 36.1 Å². The zero-order chi connectivity index (χ0) is 37.9. The molecule has 5 fully saturated rings. The Bertz CT molecular complexity index is 1820. The number of halogens is 1. The number of ether oxygens (including phenoxy) is 1. The second-order valence-electron chi connectivity index (χ2n) is 16.2. The van der Waals surface area contributed by atoms with Crippen LogP contribution in [-0.2, 0) is 29.7 Å². The molecule has 290 valence electrons. The number of hydrogen-bond donors (Lipinski definition) is 0. The molecular formula is C42H54FN5O5S. The number of amides is 1. The van der Waals surface area contributed by atoms with Gasteiger partial charge in [0.15, 0.2) is 9.84 Å². The van der Waals surface area contributed by atoms with Crippen molar-refractivity contribution in [2.24, 2.45) is 23.7 Å². The van der Waals surface area contributed by atoms with Crippen molar-refractivity contribution in [3.63, 3.8) is 0 Å². The van der Waals surface area contributed by atoms with Crippen molar-refractivity contribution in [2.75, 3.05) is 77.5 Å². The van der Waals surface area contributed by atoms with Crippen molar-refractivity contribution in [1.29, 1.82) is 0 Å². The van der Waals surface area contributed by atoms with E-state index in [-0.39, 0.29) is 48.5 Å². The van der Waals surface area contributed by atoms with Crippen molar-refractivity contribution in [3.8, 4) is 0 Å². The molecule has 0 N–H and O–H groups in total. The van der Waals surface area contributed by atoms with Crippen LogP contribution in [0.25, 0.3) is 4.85 Å². The summed E-state index contributed by atoms with van der Waals surface area (Å²) in [4.78, 5) is 38.3. The molecule has 3 atom stereocenters. The van der Waals surface area contributed by atoms with Gasteiger partial charge in [-0.2, -0.15) is 0 Å². The second kappa shape index (κ2) is 16.5. The fourth-order valence-corrected chi connectivity index (χ4v) is 11.6. The van der Waals surface area contributed by atoms with Crippen molar-refractivity contribution < 1.29 is 27.1 Å². The first-order valence-electron chi connectivity index (χ1n) is 19.8. The van der Waals surface area contributed by atoms with Gasteiger partial charge in [0.2, 0.25) is 5.91 Å². The van der Waals surface area contributed by atoms with E-state index in [1.807, 2.05) is 24.3 Å². The standard InChI is InChI=1S/C42H54FN5O5S/c1-44-42(34-9-6-10-35(43)25-34,39-11-5-8-32(39)24-41(50)53-2)33-17-22-46(23-18-33)26-31-27-47(28-31)36-13-15-37(16-14-36)54(51,52)38-29-48(30-38)40(49)12-7-21-45-19-3-4-20-45/h6-7,9-10,12-16,25,31-33,38-39H,3-5,8,11,17-24,26-30H2,2H3/b12-7+/t32-,39+,42-/m1/s1. The Morgan fingerprint density at radius 3 is 2.33 bits per heavy atom. The van der Waals surface area contributed by atoms with Gasteiger partial charge in [0.25, 0.3) is 5.54 Å². The van der Waals surface area contributed by atoms with Crippen LogP contribution in [0.5, 0.6) is 0 Å². The Hall–Kier alpha value is -3.79. The molecule has 0 radical (unpaired) electrons. The van der Waals surface area contributed by atoms with Crippen molar-refractivity contribution in [2.45, 2.75) is 67.1 Å². The maximum absolute atomic E-state index is 14.6. The average molecular weight is 760 g/mol. The lowest BCUT2D eigenvalue weighted by molar-refractivity contribution is -0.142. The third kappa shape index (κ3) is 7.96. The van der Waals surface area contributed by atoms with E-state index in [2.05, 4.69) is 19.5 Å². The van der Waals surface area contributed by atoms with E-state index in [0.717, 1.165) is 95.7 Å². The summed E-state index contributed by atoms with van der Waals surface area (Å²) in [7, 11) is -2.12. The lowest BCUT2D eigenvalue weighted by Gasteiger charge is -2.46. The molecule has 1 amide bonds. The number of piperidine rings is 1. The van der Waals surface area contributed by atoms with Crippen molar-refractivity contribution in [1.82, 2.24) is 14.7 Å². The van der Waals surface area contributed by atoms with Crippen LogP contribution < -0.4 is 4.90 Å². The molecule has 2 aromatic rings. The number of nitrogens with zero attached hydrogens (tertiary/aromatic N) is 5. The summed E-state index contributed by atoms with van der Waals surface area (Å²) in [5.74, 6) is -0.141. The van der Waals surface area contributed by atoms with Gasteiger partial charge in [-0.3, -0.25) is 14.5 Å². The highest BCUT2D eigenvalue weighted by Crippen LogP contribution is 2.54. The van der Waals surface area contributed by atoms with Crippen molar-refractivity contribution >= 4 is 27.4 Å². The molecule has 4 aliphatic heterocycles. The maximum Gasteiger partial charge on any atom is 0.305 e. The van der Waals surface area contributed by atoms with Crippen LogP contribution in [0.2, 0.25) is 0 Å². The highest BCUT2D eigenvalue weighted by atomic mass is 32.2. The van der Waals surface area contributed by atoms with Gasteiger partial charge in [-0.1, -0.05) is 24.6 Å². The van der Waals surface area contributed by atoms with Crippen LogP contribution in [-0.4, -0.2) is 113 Å². The molecule has 0 aromatic heterocycles. The number of carbonyl (C=O) groups excluding carboxylic acids is 2. The summed E-state index contributed by atoms with van der Waals surface area (Å²) in [5, 5.41) is -0.579. The van der Waals surface area contributed by atoms with Gasteiger partial charge in [-0.25, -0.2) is 19.4 Å². The smallest absolute Gasteiger partial charge is 0.305 e. The molecule has 1 aliphatic carbocycles. The van der Waals surface area contributed by atoms with Crippen LogP contribution >= 0.6 is 0 Å². The van der Waals surface area contributed by atoms with Crippen LogP contribution in [0.1, 0.15) is 56.9 Å². The molecule has 7 rings (SSSR count). The summed E-state index contributed by atoms with van der Waals surface area (Å²) in [6, 6.07) is 13.8. The number of hydrogen-bond acceptors (Lipinski definition) is 8. The summed E-state index contributed by atoms with van der Waals surface area (Å²) in [5.41, 5.74) is 0.870. The fourth-order valence-electron chi connectivity index (χ4n) is 9.93. The SMILES string of the molecule is [C-]#[N+][C@@](c1cccc(F)c1)(C1CCN(CC2CN(c3ccc(S(=O)(=O)C4CN(C(=O)/C=C/CN5CCCC5)C4)cc3)C2)CC1)[C@H]1CCC[C@@H]1CC(=O)OC. The average Bonchev–Trinajstić information content (AvgIpc) is 3.83. The summed E-state index contributed by atoms with van der Waals surface area (Å²) in [6.07, 6.45) is 10.5. The fraction of sp³-hybridized carbons (Fsp3) is 0.595. The molecular weight excluding hydrogens is 706 g/mol.